The minimum Gasteiger partial charge on any atom is -0.494 e. The van der Waals surface area contributed by atoms with Crippen LogP contribution < -0.4 is 11.2 Å². The lowest BCUT2D eigenvalue weighted by molar-refractivity contribution is 0.349. The second-order valence-corrected chi connectivity index (χ2v) is 3.14. The first-order valence-electron chi connectivity index (χ1n) is 4.65. The quantitative estimate of drug-likeness (QED) is 0.746. The van der Waals surface area contributed by atoms with E-state index >= 15 is 0 Å². The van der Waals surface area contributed by atoms with E-state index in [1.807, 2.05) is 13.8 Å². The largest absolute Gasteiger partial charge is 0.494 e. The summed E-state index contributed by atoms with van der Waals surface area (Å²) in [5.41, 5.74) is -1.13. The Morgan fingerprint density at radius 2 is 2.00 bits per heavy atom. The Balaban J connectivity index is 3.33. The smallest absolute Gasteiger partial charge is 0.331 e. The zero-order valence-electron chi connectivity index (χ0n) is 8.28. The number of hydrogen-bond acceptors (Lipinski definition) is 3. The number of nitrogens with one attached hydrogen (secondary N) is 1. The molecule has 1 aromatic heterocycles. The first-order chi connectivity index (χ1) is 6.60. The van der Waals surface area contributed by atoms with E-state index in [9.17, 15) is 14.7 Å². The topological polar surface area (TPSA) is 75.1 Å². The minimum absolute atomic E-state index is 0.0700. The molecule has 0 bridgehead atoms. The Morgan fingerprint density at radius 1 is 1.43 bits per heavy atom. The Kier molecular flexibility index (Phi) is 3.11. The number of aromatic nitrogens is 2. The normalized spacial score (nSPS) is 10.8. The first kappa shape index (κ1) is 10.6. The maximum absolute atomic E-state index is 11.4. The van der Waals surface area contributed by atoms with E-state index < -0.39 is 11.2 Å². The lowest BCUT2D eigenvalue weighted by Crippen LogP contribution is -2.31. The second kappa shape index (κ2) is 4.13. The molecule has 1 rings (SSSR count). The van der Waals surface area contributed by atoms with Crippen LogP contribution >= 0.6 is 0 Å². The van der Waals surface area contributed by atoms with Gasteiger partial charge in [0.2, 0.25) is 5.88 Å². The van der Waals surface area contributed by atoms with Gasteiger partial charge in [0.1, 0.15) is 0 Å². The van der Waals surface area contributed by atoms with Crippen LogP contribution in [0.4, 0.5) is 0 Å². The second-order valence-electron chi connectivity index (χ2n) is 3.14. The van der Waals surface area contributed by atoms with Crippen molar-refractivity contribution >= 4 is 0 Å². The van der Waals surface area contributed by atoms with Crippen LogP contribution in [0, 0.1) is 0 Å². The van der Waals surface area contributed by atoms with Crippen LogP contribution in [0.5, 0.6) is 5.88 Å². The zero-order chi connectivity index (χ0) is 10.7. The molecule has 0 aliphatic rings. The van der Waals surface area contributed by atoms with Crippen molar-refractivity contribution in [2.24, 2.45) is 0 Å². The van der Waals surface area contributed by atoms with Gasteiger partial charge < -0.3 is 5.11 Å². The molecule has 0 saturated carbocycles. The molecule has 0 unspecified atom stereocenters. The highest BCUT2D eigenvalue weighted by Gasteiger charge is 2.12. The molecule has 78 valence electrons. The maximum atomic E-state index is 11.4. The van der Waals surface area contributed by atoms with Crippen LogP contribution in [0.1, 0.15) is 32.7 Å². The highest BCUT2D eigenvalue weighted by Crippen LogP contribution is 2.17. The molecule has 0 aliphatic carbocycles. The summed E-state index contributed by atoms with van der Waals surface area (Å²) in [5.74, 6) is -0.271. The molecule has 0 aliphatic heterocycles. The molecule has 0 aromatic carbocycles. The highest BCUT2D eigenvalue weighted by atomic mass is 16.3. The third-order valence-electron chi connectivity index (χ3n) is 2.26. The lowest BCUT2D eigenvalue weighted by Gasteiger charge is -2.16. The Hall–Kier alpha value is -1.52. The van der Waals surface area contributed by atoms with E-state index in [2.05, 4.69) is 4.98 Å². The number of hydrogen-bond donors (Lipinski definition) is 2. The summed E-state index contributed by atoms with van der Waals surface area (Å²) in [6.07, 6.45) is 1.46. The van der Waals surface area contributed by atoms with E-state index in [1.54, 1.807) is 0 Å². The predicted molar refractivity (Wildman–Crippen MR) is 52.6 cm³/mol. The highest BCUT2D eigenvalue weighted by molar-refractivity contribution is 5.07. The average molecular weight is 198 g/mol. The Labute approximate surface area is 81.0 Å². The van der Waals surface area contributed by atoms with Crippen molar-refractivity contribution in [2.75, 3.05) is 0 Å². The van der Waals surface area contributed by atoms with Gasteiger partial charge in [-0.1, -0.05) is 13.8 Å². The number of aromatic hydroxyl groups is 1. The SMILES string of the molecule is CCC(CC)n1c(O)cc(=O)[nH]c1=O. The molecular formula is C9H14N2O3. The fourth-order valence-corrected chi connectivity index (χ4v) is 1.50. The molecular weight excluding hydrogens is 184 g/mol. The van der Waals surface area contributed by atoms with Crippen molar-refractivity contribution in [3.8, 4) is 5.88 Å². The van der Waals surface area contributed by atoms with Crippen molar-refractivity contribution in [3.63, 3.8) is 0 Å². The van der Waals surface area contributed by atoms with E-state index in [1.165, 1.54) is 4.57 Å². The van der Waals surface area contributed by atoms with Crippen molar-refractivity contribution in [2.45, 2.75) is 32.7 Å². The maximum Gasteiger partial charge on any atom is 0.331 e. The molecule has 14 heavy (non-hydrogen) atoms. The fraction of sp³-hybridized carbons (Fsp3) is 0.556. The number of aromatic amines is 1. The van der Waals surface area contributed by atoms with Gasteiger partial charge in [-0.05, 0) is 12.8 Å². The van der Waals surface area contributed by atoms with Gasteiger partial charge in [0.15, 0.2) is 0 Å². The molecule has 0 spiro atoms. The van der Waals surface area contributed by atoms with Gasteiger partial charge in [-0.2, -0.15) is 0 Å². The van der Waals surface area contributed by atoms with Gasteiger partial charge in [-0.3, -0.25) is 14.3 Å². The van der Waals surface area contributed by atoms with E-state index in [4.69, 9.17) is 0 Å². The van der Waals surface area contributed by atoms with Crippen molar-refractivity contribution in [1.29, 1.82) is 0 Å². The molecule has 2 N–H and O–H groups in total. The number of nitrogens with zero attached hydrogens (tertiary/aromatic N) is 1. The lowest BCUT2D eigenvalue weighted by atomic mass is 10.2. The first-order valence-corrected chi connectivity index (χ1v) is 4.65. The van der Waals surface area contributed by atoms with Crippen LogP contribution in [0.2, 0.25) is 0 Å². The molecule has 5 heteroatoms. The number of rotatable bonds is 3. The summed E-state index contributed by atoms with van der Waals surface area (Å²) in [5, 5.41) is 9.45. The summed E-state index contributed by atoms with van der Waals surface area (Å²) < 4.78 is 1.21. The third kappa shape index (κ3) is 1.86. The third-order valence-corrected chi connectivity index (χ3v) is 2.26. The molecule has 0 saturated heterocycles. The van der Waals surface area contributed by atoms with Gasteiger partial charge in [-0.15, -0.1) is 0 Å². The summed E-state index contributed by atoms with van der Waals surface area (Å²) in [4.78, 5) is 24.3. The van der Waals surface area contributed by atoms with Crippen LogP contribution in [-0.2, 0) is 0 Å². The average Bonchev–Trinajstić information content (AvgIpc) is 2.10. The van der Waals surface area contributed by atoms with Gasteiger partial charge in [0.05, 0.1) is 6.07 Å². The molecule has 0 fully saturated rings. The minimum atomic E-state index is -0.574. The molecule has 1 heterocycles. The number of H-pyrrole nitrogens is 1. The van der Waals surface area contributed by atoms with Crippen LogP contribution in [0.25, 0.3) is 0 Å². The van der Waals surface area contributed by atoms with Gasteiger partial charge >= 0.3 is 5.69 Å². The summed E-state index contributed by atoms with van der Waals surface area (Å²) in [6, 6.07) is 0.944. The molecule has 1 aromatic rings. The van der Waals surface area contributed by atoms with Gasteiger partial charge in [0.25, 0.3) is 5.56 Å². The van der Waals surface area contributed by atoms with Crippen molar-refractivity contribution < 1.29 is 5.11 Å². The van der Waals surface area contributed by atoms with Crippen molar-refractivity contribution in [1.82, 2.24) is 9.55 Å². The fourth-order valence-electron chi connectivity index (χ4n) is 1.50. The molecule has 0 radical (unpaired) electrons. The standard InChI is InChI=1S/C9H14N2O3/c1-3-6(4-2)11-8(13)5-7(12)10-9(11)14/h5-6,13H,3-4H2,1-2H3,(H,10,12,14). The van der Waals surface area contributed by atoms with E-state index in [0.717, 1.165) is 18.9 Å². The van der Waals surface area contributed by atoms with E-state index in [0.29, 0.717) is 0 Å². The van der Waals surface area contributed by atoms with Crippen LogP contribution in [0.15, 0.2) is 15.7 Å². The Bertz CT molecular complexity index is 415. The monoisotopic (exact) mass is 198 g/mol. The molecule has 5 nitrogen and oxygen atoms in total. The van der Waals surface area contributed by atoms with Crippen molar-refractivity contribution in [3.05, 3.63) is 26.9 Å². The summed E-state index contributed by atoms with van der Waals surface area (Å²) >= 11 is 0. The van der Waals surface area contributed by atoms with Crippen LogP contribution in [-0.4, -0.2) is 14.7 Å². The van der Waals surface area contributed by atoms with Crippen LogP contribution in [0.3, 0.4) is 0 Å². The van der Waals surface area contributed by atoms with E-state index in [-0.39, 0.29) is 11.9 Å². The molecule has 0 amide bonds. The summed E-state index contributed by atoms with van der Waals surface area (Å²) in [6.45, 7) is 3.84. The zero-order valence-corrected chi connectivity index (χ0v) is 8.28. The summed E-state index contributed by atoms with van der Waals surface area (Å²) in [7, 11) is 0. The Morgan fingerprint density at radius 3 is 2.43 bits per heavy atom. The molecule has 0 atom stereocenters. The van der Waals surface area contributed by atoms with Gasteiger partial charge in [-0.25, -0.2) is 4.79 Å². The predicted octanol–water partition coefficient (Wildman–Crippen LogP) is 0.603. The van der Waals surface area contributed by atoms with Gasteiger partial charge in [0, 0.05) is 6.04 Å².